The number of hydrogen-bond acceptors (Lipinski definition) is 3. The maximum absolute atomic E-state index is 11.9. The number of allylic oxidation sites excluding steroid dienone is 1. The minimum Gasteiger partial charge on any atom is -0.465 e. The molecule has 0 radical (unpaired) electrons. The second kappa shape index (κ2) is 7.49. The molecule has 1 rings (SSSR count). The predicted octanol–water partition coefficient (Wildman–Crippen LogP) is 2.62. The van der Waals surface area contributed by atoms with E-state index in [9.17, 15) is 4.79 Å². The Labute approximate surface area is 105 Å². The van der Waals surface area contributed by atoms with Gasteiger partial charge in [0.25, 0.3) is 0 Å². The summed E-state index contributed by atoms with van der Waals surface area (Å²) >= 11 is 0. The van der Waals surface area contributed by atoms with E-state index in [-0.39, 0.29) is 12.0 Å². The largest absolute Gasteiger partial charge is 0.465 e. The van der Waals surface area contributed by atoms with Gasteiger partial charge in [-0.3, -0.25) is 9.69 Å². The maximum Gasteiger partial charge on any atom is 0.323 e. The van der Waals surface area contributed by atoms with Gasteiger partial charge in [-0.05, 0) is 39.2 Å². The van der Waals surface area contributed by atoms with Crippen molar-refractivity contribution < 1.29 is 9.53 Å². The number of nitrogens with zero attached hydrogens (tertiary/aromatic N) is 1. The first-order chi connectivity index (χ1) is 8.22. The molecular formula is C14H25NO2. The smallest absolute Gasteiger partial charge is 0.323 e. The van der Waals surface area contributed by atoms with Crippen molar-refractivity contribution in [3.05, 3.63) is 12.2 Å². The van der Waals surface area contributed by atoms with Crippen LogP contribution in [0.4, 0.5) is 0 Å². The Kier molecular flexibility index (Phi) is 6.27. The Morgan fingerprint density at radius 2 is 2.24 bits per heavy atom. The van der Waals surface area contributed by atoms with Gasteiger partial charge in [0.05, 0.1) is 6.61 Å². The fourth-order valence-electron chi connectivity index (χ4n) is 2.44. The lowest BCUT2D eigenvalue weighted by atomic mass is 10.1. The Morgan fingerprint density at radius 3 is 2.82 bits per heavy atom. The molecule has 0 aliphatic carbocycles. The van der Waals surface area contributed by atoms with E-state index in [2.05, 4.69) is 24.0 Å². The van der Waals surface area contributed by atoms with Crippen LogP contribution in [-0.2, 0) is 9.53 Å². The molecule has 1 saturated heterocycles. The highest BCUT2D eigenvalue weighted by Crippen LogP contribution is 2.25. The number of rotatable bonds is 6. The minimum absolute atomic E-state index is 0.0253. The summed E-state index contributed by atoms with van der Waals surface area (Å²) in [6.07, 6.45) is 7.51. The van der Waals surface area contributed by atoms with E-state index < -0.39 is 0 Å². The van der Waals surface area contributed by atoms with Gasteiger partial charge in [0.15, 0.2) is 0 Å². The molecule has 3 heteroatoms. The molecule has 0 aromatic heterocycles. The Morgan fingerprint density at radius 1 is 1.47 bits per heavy atom. The molecule has 0 aromatic rings. The highest BCUT2D eigenvalue weighted by atomic mass is 16.5. The first kappa shape index (κ1) is 14.2. The van der Waals surface area contributed by atoms with E-state index in [4.69, 9.17) is 4.74 Å². The predicted molar refractivity (Wildman–Crippen MR) is 69.8 cm³/mol. The Balaban J connectivity index is 2.59. The maximum atomic E-state index is 11.9. The van der Waals surface area contributed by atoms with Gasteiger partial charge in [-0.25, -0.2) is 0 Å². The van der Waals surface area contributed by atoms with Crippen molar-refractivity contribution in [3.63, 3.8) is 0 Å². The molecular weight excluding hydrogens is 214 g/mol. The van der Waals surface area contributed by atoms with E-state index in [1.54, 1.807) is 0 Å². The fraction of sp³-hybridized carbons (Fsp3) is 0.786. The van der Waals surface area contributed by atoms with Crippen molar-refractivity contribution in [1.29, 1.82) is 0 Å². The summed E-state index contributed by atoms with van der Waals surface area (Å²) in [5, 5.41) is 0. The highest BCUT2D eigenvalue weighted by molar-refractivity contribution is 5.76. The van der Waals surface area contributed by atoms with Gasteiger partial charge in [-0.2, -0.15) is 0 Å². The molecule has 0 spiro atoms. The molecule has 0 bridgehead atoms. The van der Waals surface area contributed by atoms with Crippen molar-refractivity contribution >= 4 is 5.97 Å². The molecule has 1 aliphatic rings. The zero-order valence-electron chi connectivity index (χ0n) is 11.3. The molecule has 0 amide bonds. The third-order valence-corrected chi connectivity index (χ3v) is 3.26. The summed E-state index contributed by atoms with van der Waals surface area (Å²) in [6.45, 7) is 8.56. The molecule has 1 fully saturated rings. The van der Waals surface area contributed by atoms with E-state index in [0.717, 1.165) is 25.9 Å². The number of carbonyl (C=O) groups excluding carboxylic acids is 1. The number of ether oxygens (including phenoxy) is 1. The molecule has 3 nitrogen and oxygen atoms in total. The molecule has 1 aliphatic heterocycles. The van der Waals surface area contributed by atoms with Crippen molar-refractivity contribution in [1.82, 2.24) is 4.90 Å². The van der Waals surface area contributed by atoms with Gasteiger partial charge in [0.1, 0.15) is 6.04 Å². The highest BCUT2D eigenvalue weighted by Gasteiger charge is 2.35. The van der Waals surface area contributed by atoms with E-state index in [0.29, 0.717) is 12.5 Å². The molecule has 2 atom stereocenters. The van der Waals surface area contributed by atoms with E-state index >= 15 is 0 Å². The summed E-state index contributed by atoms with van der Waals surface area (Å²) < 4.78 is 5.16. The van der Waals surface area contributed by atoms with Gasteiger partial charge in [0, 0.05) is 6.54 Å². The zero-order valence-corrected chi connectivity index (χ0v) is 11.3. The van der Waals surface area contributed by atoms with E-state index in [1.165, 1.54) is 6.42 Å². The van der Waals surface area contributed by atoms with E-state index in [1.807, 2.05) is 13.8 Å². The van der Waals surface area contributed by atoms with Crippen LogP contribution in [-0.4, -0.2) is 36.6 Å². The SMILES string of the molecule is C/C=C\C1CC(C(=O)OCC)N(CCCC)C1. The number of likely N-dealkylation sites (tertiary alicyclic amines) is 1. The summed E-state index contributed by atoms with van der Waals surface area (Å²) in [7, 11) is 0. The summed E-state index contributed by atoms with van der Waals surface area (Å²) in [5.41, 5.74) is 0. The van der Waals surface area contributed by atoms with Crippen LogP contribution in [0.3, 0.4) is 0 Å². The van der Waals surface area contributed by atoms with Crippen LogP contribution in [0.15, 0.2) is 12.2 Å². The Hall–Kier alpha value is -0.830. The minimum atomic E-state index is -0.0457. The molecule has 17 heavy (non-hydrogen) atoms. The lowest BCUT2D eigenvalue weighted by Crippen LogP contribution is -2.37. The van der Waals surface area contributed by atoms with Crippen LogP contribution in [0.2, 0.25) is 0 Å². The second-order valence-electron chi connectivity index (χ2n) is 4.64. The van der Waals surface area contributed by atoms with Gasteiger partial charge >= 0.3 is 5.97 Å². The summed E-state index contributed by atoms with van der Waals surface area (Å²) in [6, 6.07) is -0.0253. The fourth-order valence-corrected chi connectivity index (χ4v) is 2.44. The number of hydrogen-bond donors (Lipinski definition) is 0. The lowest BCUT2D eigenvalue weighted by Gasteiger charge is -2.22. The van der Waals surface area contributed by atoms with Gasteiger partial charge in [0.2, 0.25) is 0 Å². The molecule has 98 valence electrons. The topological polar surface area (TPSA) is 29.5 Å². The monoisotopic (exact) mass is 239 g/mol. The second-order valence-corrected chi connectivity index (χ2v) is 4.64. The molecule has 0 saturated carbocycles. The molecule has 2 unspecified atom stereocenters. The van der Waals surface area contributed by atoms with Crippen LogP contribution in [0, 0.1) is 5.92 Å². The van der Waals surface area contributed by atoms with Crippen LogP contribution < -0.4 is 0 Å². The van der Waals surface area contributed by atoms with Crippen molar-refractivity contribution in [2.45, 2.75) is 46.1 Å². The standard InChI is InChI=1S/C14H25NO2/c1-4-7-9-15-11-12(8-5-2)10-13(15)14(16)17-6-3/h5,8,12-13H,4,6-7,9-11H2,1-3H3/b8-5-. The van der Waals surface area contributed by atoms with Gasteiger partial charge < -0.3 is 4.74 Å². The summed E-state index contributed by atoms with van der Waals surface area (Å²) in [5.74, 6) is 0.460. The van der Waals surface area contributed by atoms with Crippen molar-refractivity contribution in [3.8, 4) is 0 Å². The van der Waals surface area contributed by atoms with Crippen LogP contribution in [0.1, 0.15) is 40.0 Å². The van der Waals surface area contributed by atoms with Crippen LogP contribution >= 0.6 is 0 Å². The summed E-state index contributed by atoms with van der Waals surface area (Å²) in [4.78, 5) is 14.2. The first-order valence-corrected chi connectivity index (χ1v) is 6.76. The number of unbranched alkanes of at least 4 members (excludes halogenated alkanes) is 1. The molecule has 0 N–H and O–H groups in total. The number of carbonyl (C=O) groups is 1. The Bertz CT molecular complexity index is 263. The average molecular weight is 239 g/mol. The van der Waals surface area contributed by atoms with Crippen molar-refractivity contribution in [2.75, 3.05) is 19.7 Å². The molecule has 1 heterocycles. The first-order valence-electron chi connectivity index (χ1n) is 6.76. The lowest BCUT2D eigenvalue weighted by molar-refractivity contribution is -0.148. The third kappa shape index (κ3) is 4.15. The number of esters is 1. The third-order valence-electron chi connectivity index (χ3n) is 3.26. The van der Waals surface area contributed by atoms with Gasteiger partial charge in [-0.1, -0.05) is 25.5 Å². The average Bonchev–Trinajstić information content (AvgIpc) is 2.70. The van der Waals surface area contributed by atoms with Crippen LogP contribution in [0.5, 0.6) is 0 Å². The normalized spacial score (nSPS) is 25.6. The van der Waals surface area contributed by atoms with Gasteiger partial charge in [-0.15, -0.1) is 0 Å². The molecule has 0 aromatic carbocycles. The zero-order chi connectivity index (χ0) is 12.7. The quantitative estimate of drug-likeness (QED) is 0.527. The van der Waals surface area contributed by atoms with Crippen LogP contribution in [0.25, 0.3) is 0 Å². The van der Waals surface area contributed by atoms with Crippen molar-refractivity contribution in [2.24, 2.45) is 5.92 Å².